The second kappa shape index (κ2) is 12.9. The van der Waals surface area contributed by atoms with Crippen molar-refractivity contribution in [2.45, 2.75) is 18.9 Å². The molecule has 1 saturated heterocycles. The number of hydrogen-bond acceptors (Lipinski definition) is 10. The fraction of sp³-hybridized carbons (Fsp3) is 0.333. The molecule has 12 nitrogen and oxygen atoms in total. The minimum Gasteiger partial charge on any atom is -0.497 e. The molecule has 2 aliphatic rings. The average molecular weight is 606 g/mol. The van der Waals surface area contributed by atoms with E-state index < -0.39 is 6.10 Å². The number of nitrogens with zero attached hydrogens (tertiary/aromatic N) is 5. The van der Waals surface area contributed by atoms with E-state index in [4.69, 9.17) is 30.5 Å². The Morgan fingerprint density at radius 1 is 1.05 bits per heavy atom. The van der Waals surface area contributed by atoms with Gasteiger partial charge in [-0.3, -0.25) is 4.79 Å². The predicted molar refractivity (Wildman–Crippen MR) is 161 cm³/mol. The molecule has 0 bridgehead atoms. The van der Waals surface area contributed by atoms with E-state index in [1.807, 2.05) is 47.5 Å². The van der Waals surface area contributed by atoms with Crippen molar-refractivity contribution in [2.75, 3.05) is 57.8 Å². The lowest BCUT2D eigenvalue weighted by atomic mass is 10.0. The summed E-state index contributed by atoms with van der Waals surface area (Å²) in [4.78, 5) is 24.0. The molecule has 1 amide bonds. The van der Waals surface area contributed by atoms with Gasteiger partial charge in [-0.25, -0.2) is 9.67 Å². The third kappa shape index (κ3) is 6.36. The molecule has 4 aromatic rings. The SMILES string of the molecule is COc1ccc(Nc2nc(Nc3cc4c(cc3OC)CCN(C(=O)C3COCCO3)CC4)ncc2Cl)c(-n2cccn2)c1. The first kappa shape index (κ1) is 28.7. The molecule has 2 aromatic carbocycles. The molecule has 2 N–H and O–H groups in total. The molecule has 224 valence electrons. The first-order valence-corrected chi connectivity index (χ1v) is 14.3. The Kier molecular flexibility index (Phi) is 8.59. The lowest BCUT2D eigenvalue weighted by molar-refractivity contribution is -0.157. The van der Waals surface area contributed by atoms with E-state index in [1.165, 1.54) is 6.20 Å². The molecule has 0 radical (unpaired) electrons. The zero-order valence-corrected chi connectivity index (χ0v) is 24.6. The number of benzene rings is 2. The van der Waals surface area contributed by atoms with Crippen molar-refractivity contribution < 1.29 is 23.7 Å². The Bertz CT molecular complexity index is 1590. The average Bonchev–Trinajstić information content (AvgIpc) is 3.50. The van der Waals surface area contributed by atoms with Crippen molar-refractivity contribution in [3.63, 3.8) is 0 Å². The fourth-order valence-electron chi connectivity index (χ4n) is 5.18. The van der Waals surface area contributed by atoms with Crippen LogP contribution in [0.3, 0.4) is 0 Å². The summed E-state index contributed by atoms with van der Waals surface area (Å²) < 4.78 is 23.9. The van der Waals surface area contributed by atoms with E-state index in [2.05, 4.69) is 25.7 Å². The third-order valence-electron chi connectivity index (χ3n) is 7.43. The van der Waals surface area contributed by atoms with E-state index in [-0.39, 0.29) is 5.91 Å². The van der Waals surface area contributed by atoms with E-state index in [0.29, 0.717) is 79.7 Å². The highest BCUT2D eigenvalue weighted by Gasteiger charge is 2.29. The zero-order valence-electron chi connectivity index (χ0n) is 23.9. The number of carbonyl (C=O) groups is 1. The van der Waals surface area contributed by atoms with Gasteiger partial charge in [0.05, 0.1) is 57.3 Å². The Morgan fingerprint density at radius 2 is 1.88 bits per heavy atom. The van der Waals surface area contributed by atoms with Crippen LogP contribution in [0.25, 0.3) is 5.69 Å². The van der Waals surface area contributed by atoms with Gasteiger partial charge in [0.1, 0.15) is 16.5 Å². The molecule has 2 aromatic heterocycles. The highest BCUT2D eigenvalue weighted by molar-refractivity contribution is 6.33. The Morgan fingerprint density at radius 3 is 2.60 bits per heavy atom. The lowest BCUT2D eigenvalue weighted by Crippen LogP contribution is -2.46. The van der Waals surface area contributed by atoms with Crippen LogP contribution in [0.15, 0.2) is 55.0 Å². The number of methoxy groups -OCH3 is 2. The number of halogens is 1. The molecule has 1 atom stereocenters. The topological polar surface area (TPSA) is 125 Å². The molecule has 0 spiro atoms. The molecule has 43 heavy (non-hydrogen) atoms. The molecule has 0 saturated carbocycles. The summed E-state index contributed by atoms with van der Waals surface area (Å²) in [5.41, 5.74) is 4.44. The van der Waals surface area contributed by atoms with E-state index in [0.717, 1.165) is 22.5 Å². The van der Waals surface area contributed by atoms with Gasteiger partial charge >= 0.3 is 0 Å². The van der Waals surface area contributed by atoms with E-state index in [1.54, 1.807) is 25.1 Å². The van der Waals surface area contributed by atoms with Gasteiger partial charge in [-0.15, -0.1) is 0 Å². The second-order valence-electron chi connectivity index (χ2n) is 10.1. The quantitative estimate of drug-likeness (QED) is 0.302. The number of carbonyl (C=O) groups excluding carboxylic acids is 1. The minimum absolute atomic E-state index is 0.0278. The van der Waals surface area contributed by atoms with E-state index >= 15 is 0 Å². The highest BCUT2D eigenvalue weighted by atomic mass is 35.5. The maximum absolute atomic E-state index is 13.0. The van der Waals surface area contributed by atoms with Crippen LogP contribution < -0.4 is 20.1 Å². The highest BCUT2D eigenvalue weighted by Crippen LogP contribution is 2.34. The summed E-state index contributed by atoms with van der Waals surface area (Å²) in [6, 6.07) is 11.5. The zero-order chi connectivity index (χ0) is 29.8. The van der Waals surface area contributed by atoms with Crippen molar-refractivity contribution in [2.24, 2.45) is 0 Å². The first-order chi connectivity index (χ1) is 21.0. The summed E-state index contributed by atoms with van der Waals surface area (Å²) in [6.07, 6.45) is 5.93. The van der Waals surface area contributed by atoms with Gasteiger partial charge in [0.2, 0.25) is 5.95 Å². The van der Waals surface area contributed by atoms with Crippen molar-refractivity contribution in [3.05, 3.63) is 71.1 Å². The Labute approximate surface area is 253 Å². The second-order valence-corrected chi connectivity index (χ2v) is 10.5. The van der Waals surface area contributed by atoms with Crippen LogP contribution >= 0.6 is 11.6 Å². The minimum atomic E-state index is -0.542. The third-order valence-corrected chi connectivity index (χ3v) is 7.70. The van der Waals surface area contributed by atoms with Gasteiger partial charge in [-0.05, 0) is 54.3 Å². The summed E-state index contributed by atoms with van der Waals surface area (Å²) >= 11 is 6.52. The number of aromatic nitrogens is 4. The molecule has 1 fully saturated rings. The number of fused-ring (bicyclic) bond motifs is 1. The smallest absolute Gasteiger partial charge is 0.254 e. The largest absolute Gasteiger partial charge is 0.497 e. The van der Waals surface area contributed by atoms with Gasteiger partial charge in [-0.1, -0.05) is 11.6 Å². The van der Waals surface area contributed by atoms with Crippen LogP contribution in [-0.2, 0) is 27.1 Å². The number of nitrogens with one attached hydrogen (secondary N) is 2. The van der Waals surface area contributed by atoms with Gasteiger partial charge in [0, 0.05) is 31.5 Å². The standard InChI is InChI=1S/C30H32ClN7O5/c1-40-21-4-5-23(25(16-21)38-9-3-8-33-38)34-28-22(31)17-32-30(36-28)35-24-14-19-6-10-37(11-7-20(19)15-26(24)41-2)29(39)27-18-42-12-13-43-27/h3-5,8-9,14-17,27H,6-7,10-13,18H2,1-2H3,(H2,32,34,35,36). The maximum Gasteiger partial charge on any atom is 0.254 e. The van der Waals surface area contributed by atoms with Gasteiger partial charge in [0.15, 0.2) is 11.9 Å². The Balaban J connectivity index is 1.22. The molecule has 13 heteroatoms. The van der Waals surface area contributed by atoms with Crippen LogP contribution in [0.1, 0.15) is 11.1 Å². The number of anilines is 4. The maximum atomic E-state index is 13.0. The summed E-state index contributed by atoms with van der Waals surface area (Å²) in [5, 5.41) is 11.3. The molecule has 0 aliphatic carbocycles. The van der Waals surface area contributed by atoms with Crippen LogP contribution in [0, 0.1) is 0 Å². The van der Waals surface area contributed by atoms with Crippen LogP contribution in [0.2, 0.25) is 5.02 Å². The van der Waals surface area contributed by atoms with Crippen molar-refractivity contribution in [1.82, 2.24) is 24.6 Å². The normalized spacial score (nSPS) is 16.6. The van der Waals surface area contributed by atoms with Gasteiger partial charge in [0.25, 0.3) is 5.91 Å². The summed E-state index contributed by atoms with van der Waals surface area (Å²) in [5.74, 6) is 2.05. The monoisotopic (exact) mass is 605 g/mol. The molecule has 4 heterocycles. The molecular formula is C30H32ClN7O5. The van der Waals surface area contributed by atoms with Crippen molar-refractivity contribution in [1.29, 1.82) is 0 Å². The number of rotatable bonds is 8. The van der Waals surface area contributed by atoms with Gasteiger partial charge < -0.3 is 34.5 Å². The summed E-state index contributed by atoms with van der Waals surface area (Å²) in [7, 11) is 3.23. The van der Waals surface area contributed by atoms with Crippen LogP contribution in [0.4, 0.5) is 23.1 Å². The lowest BCUT2D eigenvalue weighted by Gasteiger charge is -2.28. The van der Waals surface area contributed by atoms with E-state index in [9.17, 15) is 4.79 Å². The predicted octanol–water partition coefficient (Wildman–Crippen LogP) is 4.16. The van der Waals surface area contributed by atoms with Crippen molar-refractivity contribution >= 4 is 40.6 Å². The number of amides is 1. The molecule has 1 unspecified atom stereocenters. The number of ether oxygens (including phenoxy) is 4. The van der Waals surface area contributed by atoms with Crippen molar-refractivity contribution in [3.8, 4) is 17.2 Å². The molecule has 6 rings (SSSR count). The molecule has 2 aliphatic heterocycles. The number of hydrogen-bond donors (Lipinski definition) is 2. The van der Waals surface area contributed by atoms with Crippen LogP contribution in [0.5, 0.6) is 11.5 Å². The molecular weight excluding hydrogens is 574 g/mol. The van der Waals surface area contributed by atoms with Gasteiger partial charge in [-0.2, -0.15) is 10.1 Å². The Hall–Kier alpha value is -4.39. The summed E-state index contributed by atoms with van der Waals surface area (Å²) in [6.45, 7) is 2.44. The van der Waals surface area contributed by atoms with Crippen LogP contribution in [-0.4, -0.2) is 83.8 Å². The fourth-order valence-corrected chi connectivity index (χ4v) is 5.32. The first-order valence-electron chi connectivity index (χ1n) is 13.9.